The molecule has 1 aromatic carbocycles. The Labute approximate surface area is 133 Å². The summed E-state index contributed by atoms with van der Waals surface area (Å²) in [5.41, 5.74) is 7.49. The van der Waals surface area contributed by atoms with Gasteiger partial charge in [0.05, 0.1) is 19.4 Å². The van der Waals surface area contributed by atoms with Crippen molar-refractivity contribution in [2.45, 2.75) is 13.0 Å². The van der Waals surface area contributed by atoms with Gasteiger partial charge in [0.25, 0.3) is 0 Å². The smallest absolute Gasteiger partial charge is 0.245 e. The zero-order valence-corrected chi connectivity index (χ0v) is 13.6. The Bertz CT molecular complexity index is 640. The normalized spacial score (nSPS) is 12.0. The topological polar surface area (TPSA) is 86.5 Å². The van der Waals surface area contributed by atoms with E-state index in [2.05, 4.69) is 10.3 Å². The fourth-order valence-electron chi connectivity index (χ4n) is 1.92. The van der Waals surface area contributed by atoms with E-state index >= 15 is 0 Å². The Morgan fingerprint density at radius 2 is 2.05 bits per heavy atom. The van der Waals surface area contributed by atoms with Crippen LogP contribution in [0.15, 0.2) is 24.3 Å². The molecule has 1 unspecified atom stereocenters. The summed E-state index contributed by atoms with van der Waals surface area (Å²) in [6.45, 7) is 2.13. The molecule has 118 valence electrons. The number of nitrogens with two attached hydrogens (primary N) is 1. The molecule has 0 spiro atoms. The molecule has 0 aliphatic carbocycles. The third kappa shape index (κ3) is 3.82. The largest absolute Gasteiger partial charge is 0.497 e. The van der Waals surface area contributed by atoms with Crippen molar-refractivity contribution in [3.63, 3.8) is 0 Å². The summed E-state index contributed by atoms with van der Waals surface area (Å²) in [7, 11) is 3.13. The number of nitrogens with one attached hydrogen (secondary N) is 1. The van der Waals surface area contributed by atoms with Crippen LogP contribution in [0, 0.1) is 6.92 Å². The number of aromatic nitrogens is 1. The van der Waals surface area contributed by atoms with Crippen LogP contribution in [-0.2, 0) is 9.53 Å². The molecule has 6 nitrogen and oxygen atoms in total. The standard InChI is InChI=1S/C15H19N3O3S/c1-9-13(10-4-6-11(21-3)7-5-10)17-15(22-9)18-14(19)12(16)8-20-2/h4-7,12H,8,16H2,1-3H3,(H,17,18,19). The van der Waals surface area contributed by atoms with Gasteiger partial charge < -0.3 is 20.5 Å². The fourth-order valence-corrected chi connectivity index (χ4v) is 2.76. The number of carbonyl (C=O) groups is 1. The van der Waals surface area contributed by atoms with Crippen LogP contribution in [0.1, 0.15) is 4.88 Å². The van der Waals surface area contributed by atoms with Crippen LogP contribution in [0.4, 0.5) is 5.13 Å². The monoisotopic (exact) mass is 321 g/mol. The van der Waals surface area contributed by atoms with Crippen molar-refractivity contribution in [1.29, 1.82) is 0 Å². The molecule has 0 radical (unpaired) electrons. The summed E-state index contributed by atoms with van der Waals surface area (Å²) in [5, 5.41) is 3.25. The molecule has 1 atom stereocenters. The summed E-state index contributed by atoms with van der Waals surface area (Å²) >= 11 is 1.41. The van der Waals surface area contributed by atoms with E-state index in [1.165, 1.54) is 18.4 Å². The lowest BCUT2D eigenvalue weighted by atomic mass is 10.1. The van der Waals surface area contributed by atoms with E-state index in [1.54, 1.807) is 7.11 Å². The van der Waals surface area contributed by atoms with Gasteiger partial charge in [-0.15, -0.1) is 11.3 Å². The SMILES string of the molecule is COCC(N)C(=O)Nc1nc(-c2ccc(OC)cc2)c(C)s1. The van der Waals surface area contributed by atoms with E-state index in [0.717, 1.165) is 21.9 Å². The number of ether oxygens (including phenoxy) is 2. The maximum atomic E-state index is 11.9. The van der Waals surface area contributed by atoms with Crippen molar-refractivity contribution in [1.82, 2.24) is 4.98 Å². The van der Waals surface area contributed by atoms with Gasteiger partial charge in [0.2, 0.25) is 5.91 Å². The van der Waals surface area contributed by atoms with Crippen LogP contribution in [-0.4, -0.2) is 37.8 Å². The summed E-state index contributed by atoms with van der Waals surface area (Å²) < 4.78 is 10.0. The Morgan fingerprint density at radius 3 is 2.64 bits per heavy atom. The highest BCUT2D eigenvalue weighted by molar-refractivity contribution is 7.16. The van der Waals surface area contributed by atoms with Crippen molar-refractivity contribution in [3.05, 3.63) is 29.1 Å². The van der Waals surface area contributed by atoms with Crippen LogP contribution in [0.2, 0.25) is 0 Å². The fraction of sp³-hybridized carbons (Fsp3) is 0.333. The van der Waals surface area contributed by atoms with Gasteiger partial charge in [0, 0.05) is 17.6 Å². The van der Waals surface area contributed by atoms with Crippen molar-refractivity contribution < 1.29 is 14.3 Å². The molecule has 0 saturated carbocycles. The molecular formula is C15H19N3O3S. The number of anilines is 1. The Morgan fingerprint density at radius 1 is 1.36 bits per heavy atom. The van der Waals surface area contributed by atoms with Gasteiger partial charge in [-0.2, -0.15) is 0 Å². The van der Waals surface area contributed by atoms with Gasteiger partial charge in [-0.25, -0.2) is 4.98 Å². The zero-order chi connectivity index (χ0) is 16.1. The van der Waals surface area contributed by atoms with Gasteiger partial charge in [0.1, 0.15) is 11.8 Å². The predicted molar refractivity (Wildman–Crippen MR) is 87.3 cm³/mol. The first-order valence-electron chi connectivity index (χ1n) is 6.72. The van der Waals surface area contributed by atoms with E-state index in [-0.39, 0.29) is 12.5 Å². The summed E-state index contributed by atoms with van der Waals surface area (Å²) in [6, 6.07) is 6.91. The van der Waals surface area contributed by atoms with E-state index in [9.17, 15) is 4.79 Å². The zero-order valence-electron chi connectivity index (χ0n) is 12.8. The average molecular weight is 321 g/mol. The van der Waals surface area contributed by atoms with Gasteiger partial charge in [0.15, 0.2) is 5.13 Å². The molecule has 1 aromatic heterocycles. The minimum absolute atomic E-state index is 0.168. The molecule has 0 saturated heterocycles. The summed E-state index contributed by atoms with van der Waals surface area (Å²) in [5.74, 6) is 0.479. The number of hydrogen-bond acceptors (Lipinski definition) is 6. The van der Waals surface area contributed by atoms with Crippen molar-refractivity contribution in [2.75, 3.05) is 26.1 Å². The predicted octanol–water partition coefficient (Wildman–Crippen LogP) is 2.04. The Hall–Kier alpha value is -1.96. The highest BCUT2D eigenvalue weighted by Crippen LogP contribution is 2.31. The maximum absolute atomic E-state index is 11.9. The number of thiazole rings is 1. The first-order valence-corrected chi connectivity index (χ1v) is 7.54. The number of methoxy groups -OCH3 is 2. The first kappa shape index (κ1) is 16.4. The second-order valence-electron chi connectivity index (χ2n) is 4.70. The molecule has 0 fully saturated rings. The molecule has 0 aliphatic rings. The molecule has 7 heteroatoms. The Balaban J connectivity index is 2.15. The average Bonchev–Trinajstić information content (AvgIpc) is 2.88. The Kier molecular flexibility index (Phi) is 5.48. The third-order valence-electron chi connectivity index (χ3n) is 3.07. The van der Waals surface area contributed by atoms with Crippen LogP contribution < -0.4 is 15.8 Å². The number of amides is 1. The second-order valence-corrected chi connectivity index (χ2v) is 5.91. The lowest BCUT2D eigenvalue weighted by molar-refractivity contribution is -0.118. The number of carbonyl (C=O) groups excluding carboxylic acids is 1. The van der Waals surface area contributed by atoms with E-state index in [1.807, 2.05) is 31.2 Å². The molecular weight excluding hydrogens is 302 g/mol. The van der Waals surface area contributed by atoms with Crippen LogP contribution >= 0.6 is 11.3 Å². The highest BCUT2D eigenvalue weighted by Gasteiger charge is 2.16. The minimum atomic E-state index is -0.710. The molecule has 1 heterocycles. The maximum Gasteiger partial charge on any atom is 0.245 e. The van der Waals surface area contributed by atoms with Crippen LogP contribution in [0.5, 0.6) is 5.75 Å². The number of benzene rings is 1. The van der Waals surface area contributed by atoms with E-state index < -0.39 is 6.04 Å². The molecule has 1 amide bonds. The summed E-state index contributed by atoms with van der Waals surface area (Å²) in [6.07, 6.45) is 0. The van der Waals surface area contributed by atoms with E-state index in [4.69, 9.17) is 15.2 Å². The lowest BCUT2D eigenvalue weighted by Gasteiger charge is -2.08. The number of aryl methyl sites for hydroxylation is 1. The highest BCUT2D eigenvalue weighted by atomic mass is 32.1. The molecule has 3 N–H and O–H groups in total. The van der Waals surface area contributed by atoms with Gasteiger partial charge >= 0.3 is 0 Å². The number of hydrogen-bond donors (Lipinski definition) is 2. The molecule has 2 rings (SSSR count). The molecule has 0 bridgehead atoms. The lowest BCUT2D eigenvalue weighted by Crippen LogP contribution is -2.39. The van der Waals surface area contributed by atoms with Gasteiger partial charge in [-0.05, 0) is 31.2 Å². The quantitative estimate of drug-likeness (QED) is 0.850. The summed E-state index contributed by atoms with van der Waals surface area (Å²) in [4.78, 5) is 17.4. The number of rotatable bonds is 6. The van der Waals surface area contributed by atoms with Crippen LogP contribution in [0.3, 0.4) is 0 Å². The van der Waals surface area contributed by atoms with Crippen molar-refractivity contribution >= 4 is 22.4 Å². The van der Waals surface area contributed by atoms with Crippen molar-refractivity contribution in [2.24, 2.45) is 5.73 Å². The molecule has 2 aromatic rings. The van der Waals surface area contributed by atoms with E-state index in [0.29, 0.717) is 5.13 Å². The second kappa shape index (κ2) is 7.35. The van der Waals surface area contributed by atoms with Gasteiger partial charge in [-0.3, -0.25) is 4.79 Å². The molecule has 22 heavy (non-hydrogen) atoms. The van der Waals surface area contributed by atoms with Crippen molar-refractivity contribution in [3.8, 4) is 17.0 Å². The minimum Gasteiger partial charge on any atom is -0.497 e. The molecule has 0 aliphatic heterocycles. The third-order valence-corrected chi connectivity index (χ3v) is 3.96. The van der Waals surface area contributed by atoms with Gasteiger partial charge in [-0.1, -0.05) is 0 Å². The first-order chi connectivity index (χ1) is 10.5. The number of nitrogens with zero attached hydrogens (tertiary/aromatic N) is 1. The van der Waals surface area contributed by atoms with Crippen LogP contribution in [0.25, 0.3) is 11.3 Å².